The number of hydrogen-bond acceptors (Lipinski definition) is 6. The molecule has 0 bridgehead atoms. The molecule has 6 heteroatoms. The van der Waals surface area contributed by atoms with Gasteiger partial charge in [-0.05, 0) is 25.2 Å². The molecule has 0 amide bonds. The first-order chi connectivity index (χ1) is 7.94. The summed E-state index contributed by atoms with van der Waals surface area (Å²) in [5.74, 6) is -1.22. The van der Waals surface area contributed by atoms with Gasteiger partial charge >= 0.3 is 5.97 Å². The third kappa shape index (κ3) is 3.16. The SMILES string of the molecule is COC(=O)[C@]1(O)C[C@H](CCCO)[C@@H](O)[C@H](O)C1. The lowest BCUT2D eigenvalue weighted by Crippen LogP contribution is -2.54. The summed E-state index contributed by atoms with van der Waals surface area (Å²) in [4.78, 5) is 11.4. The average molecular weight is 248 g/mol. The molecule has 0 aromatic rings. The van der Waals surface area contributed by atoms with Crippen LogP contribution in [0, 0.1) is 5.92 Å². The van der Waals surface area contributed by atoms with E-state index in [0.29, 0.717) is 12.8 Å². The molecule has 1 rings (SSSR count). The van der Waals surface area contributed by atoms with Crippen molar-refractivity contribution < 1.29 is 30.0 Å². The second-order valence-corrected chi connectivity index (χ2v) is 4.62. The lowest BCUT2D eigenvalue weighted by Gasteiger charge is -2.40. The van der Waals surface area contributed by atoms with E-state index >= 15 is 0 Å². The maximum Gasteiger partial charge on any atom is 0.337 e. The predicted octanol–water partition coefficient (Wildman–Crippen LogP) is -1.21. The Hall–Kier alpha value is -0.690. The van der Waals surface area contributed by atoms with Crippen molar-refractivity contribution in [1.29, 1.82) is 0 Å². The molecule has 0 spiro atoms. The molecule has 4 atom stereocenters. The van der Waals surface area contributed by atoms with E-state index in [1.54, 1.807) is 0 Å². The molecule has 0 aromatic heterocycles. The van der Waals surface area contributed by atoms with Crippen LogP contribution < -0.4 is 0 Å². The summed E-state index contributed by atoms with van der Waals surface area (Å²) < 4.78 is 4.50. The summed E-state index contributed by atoms with van der Waals surface area (Å²) in [6, 6.07) is 0. The Labute approximate surface area is 99.8 Å². The minimum atomic E-state index is -1.74. The van der Waals surface area contributed by atoms with Crippen molar-refractivity contribution in [3.63, 3.8) is 0 Å². The average Bonchev–Trinajstić information content (AvgIpc) is 2.31. The molecule has 1 aliphatic carbocycles. The van der Waals surface area contributed by atoms with Crippen molar-refractivity contribution in [2.45, 2.75) is 43.5 Å². The van der Waals surface area contributed by atoms with E-state index in [1.165, 1.54) is 7.11 Å². The van der Waals surface area contributed by atoms with Gasteiger partial charge in [-0.1, -0.05) is 0 Å². The summed E-state index contributed by atoms with van der Waals surface area (Å²) in [5.41, 5.74) is -1.74. The molecule has 1 aliphatic rings. The molecule has 6 nitrogen and oxygen atoms in total. The lowest BCUT2D eigenvalue weighted by atomic mass is 9.73. The van der Waals surface area contributed by atoms with E-state index in [-0.39, 0.29) is 19.4 Å². The molecular formula is C11H20O6. The Morgan fingerprint density at radius 3 is 2.59 bits per heavy atom. The molecule has 0 radical (unpaired) electrons. The van der Waals surface area contributed by atoms with Crippen LogP contribution in [0.2, 0.25) is 0 Å². The van der Waals surface area contributed by atoms with Crippen LogP contribution >= 0.6 is 0 Å². The molecule has 0 aliphatic heterocycles. The van der Waals surface area contributed by atoms with Crippen LogP contribution in [0.25, 0.3) is 0 Å². The first-order valence-electron chi connectivity index (χ1n) is 5.72. The maximum absolute atomic E-state index is 11.4. The number of carbonyl (C=O) groups excluding carboxylic acids is 1. The van der Waals surface area contributed by atoms with Crippen molar-refractivity contribution >= 4 is 5.97 Å². The van der Waals surface area contributed by atoms with E-state index in [1.807, 2.05) is 0 Å². The van der Waals surface area contributed by atoms with Gasteiger partial charge in [0.25, 0.3) is 0 Å². The Morgan fingerprint density at radius 1 is 1.41 bits per heavy atom. The zero-order valence-corrected chi connectivity index (χ0v) is 9.87. The molecule has 100 valence electrons. The number of ether oxygens (including phenoxy) is 1. The van der Waals surface area contributed by atoms with Gasteiger partial charge in [-0.15, -0.1) is 0 Å². The summed E-state index contributed by atoms with van der Waals surface area (Å²) >= 11 is 0. The van der Waals surface area contributed by atoms with Crippen LogP contribution in [0.5, 0.6) is 0 Å². The molecule has 4 N–H and O–H groups in total. The highest BCUT2D eigenvalue weighted by molar-refractivity contribution is 5.79. The van der Waals surface area contributed by atoms with E-state index in [9.17, 15) is 20.1 Å². The van der Waals surface area contributed by atoms with Gasteiger partial charge in [0.05, 0.1) is 19.3 Å². The molecule has 17 heavy (non-hydrogen) atoms. The van der Waals surface area contributed by atoms with Gasteiger partial charge in [0.1, 0.15) is 0 Å². The monoisotopic (exact) mass is 248 g/mol. The fourth-order valence-corrected chi connectivity index (χ4v) is 2.40. The summed E-state index contributed by atoms with van der Waals surface area (Å²) in [7, 11) is 1.17. The van der Waals surface area contributed by atoms with E-state index in [0.717, 1.165) is 0 Å². The van der Waals surface area contributed by atoms with Gasteiger partial charge in [0.2, 0.25) is 0 Å². The van der Waals surface area contributed by atoms with Crippen molar-refractivity contribution in [2.75, 3.05) is 13.7 Å². The summed E-state index contributed by atoms with van der Waals surface area (Å²) in [5, 5.41) is 38.2. The van der Waals surface area contributed by atoms with Crippen LogP contribution in [-0.2, 0) is 9.53 Å². The minimum Gasteiger partial charge on any atom is -0.467 e. The zero-order chi connectivity index (χ0) is 13.1. The Morgan fingerprint density at radius 2 is 2.06 bits per heavy atom. The fraction of sp³-hybridized carbons (Fsp3) is 0.909. The van der Waals surface area contributed by atoms with Crippen LogP contribution in [0.15, 0.2) is 0 Å². The highest BCUT2D eigenvalue weighted by Crippen LogP contribution is 2.36. The Balaban J connectivity index is 2.75. The van der Waals surface area contributed by atoms with Crippen LogP contribution in [0.4, 0.5) is 0 Å². The molecule has 1 fully saturated rings. The van der Waals surface area contributed by atoms with Gasteiger partial charge < -0.3 is 25.2 Å². The number of hydrogen-bond donors (Lipinski definition) is 4. The highest BCUT2D eigenvalue weighted by atomic mass is 16.5. The van der Waals surface area contributed by atoms with Crippen molar-refractivity contribution in [3.05, 3.63) is 0 Å². The van der Waals surface area contributed by atoms with E-state index in [2.05, 4.69) is 4.74 Å². The largest absolute Gasteiger partial charge is 0.467 e. The number of methoxy groups -OCH3 is 1. The second-order valence-electron chi connectivity index (χ2n) is 4.62. The number of carbonyl (C=O) groups is 1. The van der Waals surface area contributed by atoms with Crippen LogP contribution in [0.1, 0.15) is 25.7 Å². The molecule has 0 aromatic carbocycles. The first kappa shape index (κ1) is 14.4. The zero-order valence-electron chi connectivity index (χ0n) is 9.87. The number of esters is 1. The lowest BCUT2D eigenvalue weighted by molar-refractivity contribution is -0.182. The van der Waals surface area contributed by atoms with E-state index < -0.39 is 29.7 Å². The minimum absolute atomic E-state index is 0.0318. The summed E-state index contributed by atoms with van der Waals surface area (Å²) in [6.07, 6.45) is -1.43. The number of aliphatic hydroxyl groups excluding tert-OH is 3. The second kappa shape index (κ2) is 5.77. The Bertz CT molecular complexity index is 269. The van der Waals surface area contributed by atoms with Gasteiger partial charge in [0.15, 0.2) is 5.60 Å². The quantitative estimate of drug-likeness (QED) is 0.465. The van der Waals surface area contributed by atoms with Crippen molar-refractivity contribution in [3.8, 4) is 0 Å². The number of rotatable bonds is 4. The standard InChI is InChI=1S/C11H20O6/c1-17-10(15)11(16)5-7(3-2-4-12)9(14)8(13)6-11/h7-9,12-14,16H,2-6H2,1H3/t7-,8+,9+,11-/m0/s1. The third-order valence-electron chi connectivity index (χ3n) is 3.32. The topological polar surface area (TPSA) is 107 Å². The predicted molar refractivity (Wildman–Crippen MR) is 58.0 cm³/mol. The van der Waals surface area contributed by atoms with Gasteiger partial charge in [-0.2, -0.15) is 0 Å². The molecule has 1 saturated carbocycles. The maximum atomic E-state index is 11.4. The van der Waals surface area contributed by atoms with Crippen LogP contribution in [-0.4, -0.2) is 57.9 Å². The third-order valence-corrected chi connectivity index (χ3v) is 3.32. The van der Waals surface area contributed by atoms with Gasteiger partial charge in [0, 0.05) is 13.0 Å². The summed E-state index contributed by atoms with van der Waals surface area (Å²) in [6.45, 7) is -0.0318. The van der Waals surface area contributed by atoms with Gasteiger partial charge in [-0.25, -0.2) is 4.79 Å². The Kier molecular flexibility index (Phi) is 4.88. The normalized spacial score (nSPS) is 37.8. The fourth-order valence-electron chi connectivity index (χ4n) is 2.40. The molecular weight excluding hydrogens is 228 g/mol. The van der Waals surface area contributed by atoms with Gasteiger partial charge in [-0.3, -0.25) is 0 Å². The highest BCUT2D eigenvalue weighted by Gasteiger charge is 2.49. The van der Waals surface area contributed by atoms with E-state index in [4.69, 9.17) is 5.11 Å². The molecule has 0 unspecified atom stereocenters. The number of aliphatic hydroxyl groups is 4. The molecule has 0 saturated heterocycles. The molecule has 0 heterocycles. The first-order valence-corrected chi connectivity index (χ1v) is 5.72. The van der Waals surface area contributed by atoms with Crippen molar-refractivity contribution in [2.24, 2.45) is 5.92 Å². The smallest absolute Gasteiger partial charge is 0.337 e. The van der Waals surface area contributed by atoms with Crippen LogP contribution in [0.3, 0.4) is 0 Å². The van der Waals surface area contributed by atoms with Crippen molar-refractivity contribution in [1.82, 2.24) is 0 Å².